The number of hydrogen-bond acceptors (Lipinski definition) is 7. The van der Waals surface area contributed by atoms with Crippen LogP contribution in [0.2, 0.25) is 0 Å². The largest absolute Gasteiger partial charge is 0.496 e. The maximum Gasteiger partial charge on any atom is 0.249 e. The standard InChI is InChI=1S/C28H31N7O3/c1-17(29-2)27(36)30-23-13-10-18-7-5-6-8-24(18)35(28(23)37)16-22-21-12-9-20(26-31-32-33-34(26)3)15-19(21)11-14-25(22)38-4/h5-9,11-12,14-15,17,23,29H,10,13,16H2,1-4H3,(H,30,36). The Kier molecular flexibility index (Phi) is 7.06. The van der Waals surface area contributed by atoms with Gasteiger partial charge in [-0.3, -0.25) is 9.59 Å². The van der Waals surface area contributed by atoms with Crippen molar-refractivity contribution in [1.82, 2.24) is 30.8 Å². The molecule has 10 heteroatoms. The summed E-state index contributed by atoms with van der Waals surface area (Å²) in [4.78, 5) is 28.4. The molecule has 0 bridgehead atoms. The molecule has 0 saturated carbocycles. The number of aromatic nitrogens is 4. The fourth-order valence-corrected chi connectivity index (χ4v) is 4.94. The molecule has 1 aliphatic heterocycles. The summed E-state index contributed by atoms with van der Waals surface area (Å²) in [6, 6.07) is 16.8. The first-order valence-corrected chi connectivity index (χ1v) is 12.6. The summed E-state index contributed by atoms with van der Waals surface area (Å²) in [5.41, 5.74) is 3.68. The molecular weight excluding hydrogens is 482 g/mol. The van der Waals surface area contributed by atoms with Crippen molar-refractivity contribution in [2.75, 3.05) is 19.1 Å². The lowest BCUT2D eigenvalue weighted by molar-refractivity contribution is -0.128. The molecule has 0 fully saturated rings. The zero-order valence-corrected chi connectivity index (χ0v) is 21.9. The Morgan fingerprint density at radius 1 is 1.18 bits per heavy atom. The Balaban J connectivity index is 1.57. The number of para-hydroxylation sites is 1. The van der Waals surface area contributed by atoms with Crippen molar-refractivity contribution in [2.45, 2.75) is 38.4 Å². The van der Waals surface area contributed by atoms with Crippen LogP contribution >= 0.6 is 0 Å². The number of anilines is 1. The molecule has 0 radical (unpaired) electrons. The normalized spacial score (nSPS) is 16.2. The van der Waals surface area contributed by atoms with Crippen LogP contribution in [0.3, 0.4) is 0 Å². The molecule has 38 heavy (non-hydrogen) atoms. The van der Waals surface area contributed by atoms with Gasteiger partial charge < -0.3 is 20.3 Å². The van der Waals surface area contributed by atoms with Crippen LogP contribution in [0, 0.1) is 0 Å². The molecule has 0 spiro atoms. The highest BCUT2D eigenvalue weighted by molar-refractivity contribution is 6.02. The summed E-state index contributed by atoms with van der Waals surface area (Å²) in [6.07, 6.45) is 1.20. The van der Waals surface area contributed by atoms with Crippen molar-refractivity contribution in [3.63, 3.8) is 0 Å². The van der Waals surface area contributed by atoms with Gasteiger partial charge in [-0.25, -0.2) is 4.68 Å². The first kappa shape index (κ1) is 25.3. The summed E-state index contributed by atoms with van der Waals surface area (Å²) >= 11 is 0. The van der Waals surface area contributed by atoms with E-state index in [9.17, 15) is 9.59 Å². The number of carbonyl (C=O) groups is 2. The molecule has 2 atom stereocenters. The number of fused-ring (bicyclic) bond motifs is 2. The van der Waals surface area contributed by atoms with E-state index in [0.29, 0.717) is 24.4 Å². The first-order chi connectivity index (χ1) is 18.4. The van der Waals surface area contributed by atoms with Crippen LogP contribution in [0.4, 0.5) is 5.69 Å². The van der Waals surface area contributed by atoms with E-state index in [4.69, 9.17) is 4.74 Å². The molecule has 2 heterocycles. The monoisotopic (exact) mass is 513 g/mol. The minimum Gasteiger partial charge on any atom is -0.496 e. The van der Waals surface area contributed by atoms with Gasteiger partial charge in [-0.05, 0) is 71.8 Å². The van der Waals surface area contributed by atoms with E-state index in [1.54, 1.807) is 37.7 Å². The van der Waals surface area contributed by atoms with Gasteiger partial charge in [0.2, 0.25) is 11.8 Å². The number of hydrogen-bond donors (Lipinski definition) is 2. The molecule has 3 aromatic carbocycles. The van der Waals surface area contributed by atoms with Crippen LogP contribution in [-0.4, -0.2) is 58.3 Å². The molecule has 4 aromatic rings. The number of carbonyl (C=O) groups excluding carboxylic acids is 2. The molecule has 2 unspecified atom stereocenters. The Morgan fingerprint density at radius 3 is 2.74 bits per heavy atom. The number of rotatable bonds is 7. The average molecular weight is 514 g/mol. The number of ether oxygens (including phenoxy) is 1. The Hall–Kier alpha value is -4.31. The van der Waals surface area contributed by atoms with Gasteiger partial charge >= 0.3 is 0 Å². The van der Waals surface area contributed by atoms with Crippen LogP contribution in [0.15, 0.2) is 54.6 Å². The molecule has 1 aromatic heterocycles. The zero-order chi connectivity index (χ0) is 26.8. The molecule has 1 aliphatic rings. The smallest absolute Gasteiger partial charge is 0.249 e. The van der Waals surface area contributed by atoms with Crippen LogP contribution < -0.4 is 20.3 Å². The molecule has 2 amide bonds. The first-order valence-electron chi connectivity index (χ1n) is 12.6. The molecule has 10 nitrogen and oxygen atoms in total. The Labute approximate surface area is 221 Å². The van der Waals surface area contributed by atoms with Gasteiger partial charge in [0.25, 0.3) is 0 Å². The molecule has 2 N–H and O–H groups in total. The number of nitrogens with zero attached hydrogens (tertiary/aromatic N) is 5. The summed E-state index contributed by atoms with van der Waals surface area (Å²) in [7, 11) is 5.15. The lowest BCUT2D eigenvalue weighted by atomic mass is 9.99. The SMILES string of the molecule is CNC(C)C(=O)NC1CCc2ccccc2N(Cc2c(OC)ccc3cc(-c4nnnn4C)ccc23)C1=O. The fourth-order valence-electron chi connectivity index (χ4n) is 4.94. The summed E-state index contributed by atoms with van der Waals surface area (Å²) in [5, 5.41) is 19.6. The molecule has 5 rings (SSSR count). The second kappa shape index (κ2) is 10.6. The summed E-state index contributed by atoms with van der Waals surface area (Å²) < 4.78 is 7.38. The molecule has 0 saturated heterocycles. The number of amides is 2. The van der Waals surface area contributed by atoms with Crippen molar-refractivity contribution in [1.29, 1.82) is 0 Å². The maximum atomic E-state index is 14.0. The lowest BCUT2D eigenvalue weighted by Gasteiger charge is -2.28. The average Bonchev–Trinajstić information content (AvgIpc) is 3.33. The van der Waals surface area contributed by atoms with Crippen molar-refractivity contribution in [3.05, 3.63) is 65.7 Å². The third-order valence-corrected chi connectivity index (χ3v) is 7.19. The molecule has 0 aliphatic carbocycles. The van der Waals surface area contributed by atoms with Crippen molar-refractivity contribution in [3.8, 4) is 17.1 Å². The topological polar surface area (TPSA) is 114 Å². The summed E-state index contributed by atoms with van der Waals surface area (Å²) in [6.45, 7) is 2.06. The fraction of sp³-hybridized carbons (Fsp3) is 0.321. The second-order valence-corrected chi connectivity index (χ2v) is 9.47. The van der Waals surface area contributed by atoms with E-state index >= 15 is 0 Å². The number of aryl methyl sites for hydroxylation is 2. The van der Waals surface area contributed by atoms with Crippen molar-refractivity contribution >= 4 is 28.3 Å². The van der Waals surface area contributed by atoms with Crippen LogP contribution in [0.5, 0.6) is 5.75 Å². The third kappa shape index (κ3) is 4.70. The number of tetrazole rings is 1. The second-order valence-electron chi connectivity index (χ2n) is 9.47. The van der Waals surface area contributed by atoms with Gasteiger partial charge in [0.15, 0.2) is 5.82 Å². The summed E-state index contributed by atoms with van der Waals surface area (Å²) in [5.74, 6) is 0.998. The number of likely N-dealkylation sites (N-methyl/N-ethyl adjacent to an activating group) is 1. The highest BCUT2D eigenvalue weighted by atomic mass is 16.5. The maximum absolute atomic E-state index is 14.0. The van der Waals surface area contributed by atoms with E-state index in [2.05, 4.69) is 26.2 Å². The van der Waals surface area contributed by atoms with E-state index in [1.165, 1.54) is 0 Å². The predicted octanol–water partition coefficient (Wildman–Crippen LogP) is 2.61. The zero-order valence-electron chi connectivity index (χ0n) is 21.9. The van der Waals surface area contributed by atoms with E-state index < -0.39 is 12.1 Å². The highest BCUT2D eigenvalue weighted by Gasteiger charge is 2.33. The Bertz CT molecular complexity index is 1500. The number of methoxy groups -OCH3 is 1. The van der Waals surface area contributed by atoms with Crippen molar-refractivity contribution in [2.24, 2.45) is 7.05 Å². The van der Waals surface area contributed by atoms with E-state index in [0.717, 1.165) is 33.2 Å². The quantitative estimate of drug-likeness (QED) is 0.390. The van der Waals surface area contributed by atoms with Gasteiger partial charge in [-0.1, -0.05) is 36.4 Å². The third-order valence-electron chi connectivity index (χ3n) is 7.19. The van der Waals surface area contributed by atoms with Crippen LogP contribution in [-0.2, 0) is 29.6 Å². The number of benzene rings is 3. The Morgan fingerprint density at radius 2 is 2.00 bits per heavy atom. The van der Waals surface area contributed by atoms with Gasteiger partial charge in [-0.2, -0.15) is 0 Å². The minimum absolute atomic E-state index is 0.146. The van der Waals surface area contributed by atoms with Gasteiger partial charge in [0.1, 0.15) is 11.8 Å². The lowest BCUT2D eigenvalue weighted by Crippen LogP contribution is -2.52. The predicted molar refractivity (Wildman–Crippen MR) is 145 cm³/mol. The molecule has 196 valence electrons. The molecular formula is C28H31N7O3. The van der Waals surface area contributed by atoms with Gasteiger partial charge in [0.05, 0.1) is 19.7 Å². The van der Waals surface area contributed by atoms with E-state index in [-0.39, 0.29) is 18.4 Å². The minimum atomic E-state index is -0.637. The van der Waals surface area contributed by atoms with Crippen molar-refractivity contribution < 1.29 is 14.3 Å². The van der Waals surface area contributed by atoms with Gasteiger partial charge in [-0.15, -0.1) is 5.10 Å². The number of nitrogens with one attached hydrogen (secondary N) is 2. The van der Waals surface area contributed by atoms with E-state index in [1.807, 2.05) is 54.6 Å². The van der Waals surface area contributed by atoms with Crippen LogP contribution in [0.1, 0.15) is 24.5 Å². The highest BCUT2D eigenvalue weighted by Crippen LogP contribution is 2.35. The van der Waals surface area contributed by atoms with Crippen LogP contribution in [0.25, 0.3) is 22.2 Å². The van der Waals surface area contributed by atoms with Gasteiger partial charge in [0, 0.05) is 23.9 Å².